The Labute approximate surface area is 175 Å². The molecule has 1 aromatic carbocycles. The average Bonchev–Trinajstić information content (AvgIpc) is 3.35. The lowest BCUT2D eigenvalue weighted by molar-refractivity contribution is 0.0675. The van der Waals surface area contributed by atoms with E-state index in [1.807, 2.05) is 13.1 Å². The van der Waals surface area contributed by atoms with Crippen molar-refractivity contribution in [1.82, 2.24) is 24.1 Å². The number of aromatic nitrogens is 4. The van der Waals surface area contributed by atoms with Crippen molar-refractivity contribution in [2.45, 2.75) is 19.4 Å². The Morgan fingerprint density at radius 2 is 1.94 bits per heavy atom. The Morgan fingerprint density at radius 1 is 1.19 bits per heavy atom. The van der Waals surface area contributed by atoms with Crippen LogP contribution < -0.4 is 0 Å². The second-order valence-corrected chi connectivity index (χ2v) is 7.62. The summed E-state index contributed by atoms with van der Waals surface area (Å²) in [5.41, 5.74) is 3.43. The highest BCUT2D eigenvalue weighted by Gasteiger charge is 2.34. The van der Waals surface area contributed by atoms with Crippen molar-refractivity contribution in [2.24, 2.45) is 7.05 Å². The van der Waals surface area contributed by atoms with Crippen LogP contribution in [0.2, 0.25) is 0 Å². The highest BCUT2D eigenvalue weighted by molar-refractivity contribution is 6.01. The summed E-state index contributed by atoms with van der Waals surface area (Å²) in [7, 11) is 1.67. The van der Waals surface area contributed by atoms with Crippen LogP contribution in [0, 0.1) is 17.5 Å². The molecule has 5 rings (SSSR count). The molecule has 0 fully saturated rings. The first-order valence-corrected chi connectivity index (χ1v) is 9.79. The van der Waals surface area contributed by atoms with E-state index in [0.29, 0.717) is 35.4 Å². The number of nitrogens with zero attached hydrogens (tertiary/aromatic N) is 5. The molecule has 0 radical (unpaired) electrons. The summed E-state index contributed by atoms with van der Waals surface area (Å²) < 4.78 is 44.4. The number of fused-ring (bicyclic) bond motifs is 2. The molecule has 31 heavy (non-hydrogen) atoms. The number of carbonyl (C=O) groups excluding carboxylic acids is 1. The Morgan fingerprint density at radius 3 is 2.68 bits per heavy atom. The predicted octanol–water partition coefficient (Wildman–Crippen LogP) is 3.91. The van der Waals surface area contributed by atoms with Gasteiger partial charge in [-0.15, -0.1) is 0 Å². The van der Waals surface area contributed by atoms with Gasteiger partial charge in [-0.25, -0.2) is 18.2 Å². The summed E-state index contributed by atoms with van der Waals surface area (Å²) >= 11 is 0. The van der Waals surface area contributed by atoms with E-state index in [4.69, 9.17) is 0 Å². The summed E-state index contributed by atoms with van der Waals surface area (Å²) in [6, 6.07) is 5.14. The van der Waals surface area contributed by atoms with Gasteiger partial charge in [0.1, 0.15) is 0 Å². The van der Waals surface area contributed by atoms with Crippen LogP contribution in [0.1, 0.15) is 34.6 Å². The van der Waals surface area contributed by atoms with E-state index in [1.54, 1.807) is 41.0 Å². The van der Waals surface area contributed by atoms with Gasteiger partial charge in [-0.2, -0.15) is 5.10 Å². The Hall–Kier alpha value is -3.62. The van der Waals surface area contributed by atoms with Crippen LogP contribution in [-0.2, 0) is 13.5 Å². The number of hydrogen-bond acceptors (Lipinski definition) is 3. The zero-order chi connectivity index (χ0) is 21.9. The molecular formula is C22H18F3N5O. The lowest BCUT2D eigenvalue weighted by Crippen LogP contribution is -2.39. The smallest absolute Gasteiger partial charge is 0.256 e. The maximum absolute atomic E-state index is 13.8. The molecular weight excluding hydrogens is 407 g/mol. The minimum atomic E-state index is -1.50. The monoisotopic (exact) mass is 425 g/mol. The van der Waals surface area contributed by atoms with E-state index in [9.17, 15) is 18.0 Å². The van der Waals surface area contributed by atoms with Gasteiger partial charge in [-0.3, -0.25) is 9.48 Å². The molecule has 1 amide bonds. The fourth-order valence-electron chi connectivity index (χ4n) is 4.36. The van der Waals surface area contributed by atoms with Gasteiger partial charge in [-0.1, -0.05) is 0 Å². The van der Waals surface area contributed by atoms with Gasteiger partial charge < -0.3 is 9.30 Å². The highest BCUT2D eigenvalue weighted by atomic mass is 19.2. The highest BCUT2D eigenvalue weighted by Crippen LogP contribution is 2.37. The standard InChI is InChI=1S/C22H18F3N5O/c1-12-20-15(21(28(2)27-20)13-8-16(23)19(25)17(24)9-13)5-7-30(12)22(31)14-4-3-6-29-11-26-10-18(14)29/h3-4,6,8-12H,5,7H2,1-2H3. The predicted molar refractivity (Wildman–Crippen MR) is 107 cm³/mol. The molecule has 1 aliphatic rings. The first-order valence-electron chi connectivity index (χ1n) is 9.79. The molecule has 3 aromatic heterocycles. The number of benzene rings is 1. The third-order valence-electron chi connectivity index (χ3n) is 5.84. The Kier molecular flexibility index (Phi) is 4.35. The fraction of sp³-hybridized carbons (Fsp3) is 0.227. The van der Waals surface area contributed by atoms with Crippen LogP contribution in [0.4, 0.5) is 13.2 Å². The second-order valence-electron chi connectivity index (χ2n) is 7.62. The molecule has 0 N–H and O–H groups in total. The summed E-state index contributed by atoms with van der Waals surface area (Å²) in [6.45, 7) is 2.28. The Balaban J connectivity index is 1.54. The van der Waals surface area contributed by atoms with Crippen LogP contribution in [0.15, 0.2) is 43.0 Å². The molecule has 158 valence electrons. The summed E-state index contributed by atoms with van der Waals surface area (Å²) in [5.74, 6) is -4.15. The lowest BCUT2D eigenvalue weighted by Gasteiger charge is -2.33. The number of pyridine rings is 1. The zero-order valence-electron chi connectivity index (χ0n) is 16.8. The first kappa shape index (κ1) is 19.3. The van der Waals surface area contributed by atoms with E-state index in [2.05, 4.69) is 10.1 Å². The van der Waals surface area contributed by atoms with Crippen LogP contribution >= 0.6 is 0 Å². The van der Waals surface area contributed by atoms with Crippen LogP contribution in [0.5, 0.6) is 0 Å². The van der Waals surface area contributed by atoms with Gasteiger partial charge in [0.2, 0.25) is 0 Å². The topological polar surface area (TPSA) is 55.4 Å². The van der Waals surface area contributed by atoms with E-state index in [-0.39, 0.29) is 17.5 Å². The SMILES string of the molecule is CC1c2nn(C)c(-c3cc(F)c(F)c(F)c3)c2CCN1C(=O)c1cccn2cncc12. The first-order chi connectivity index (χ1) is 14.9. The summed E-state index contributed by atoms with van der Waals surface area (Å²) in [6.07, 6.45) is 5.56. The molecule has 6 nitrogen and oxygen atoms in total. The number of aryl methyl sites for hydroxylation is 1. The van der Waals surface area contributed by atoms with Crippen molar-refractivity contribution in [3.8, 4) is 11.3 Å². The molecule has 1 atom stereocenters. The van der Waals surface area contributed by atoms with E-state index >= 15 is 0 Å². The van der Waals surface area contributed by atoms with E-state index < -0.39 is 17.5 Å². The van der Waals surface area contributed by atoms with Crippen LogP contribution in [-0.4, -0.2) is 36.5 Å². The quantitative estimate of drug-likeness (QED) is 0.458. The van der Waals surface area contributed by atoms with Gasteiger partial charge in [0, 0.05) is 30.9 Å². The van der Waals surface area contributed by atoms with Gasteiger partial charge in [0.15, 0.2) is 17.5 Å². The van der Waals surface area contributed by atoms with Gasteiger partial charge in [0.05, 0.1) is 41.0 Å². The van der Waals surface area contributed by atoms with Gasteiger partial charge >= 0.3 is 0 Å². The molecule has 1 aliphatic heterocycles. The third-order valence-corrected chi connectivity index (χ3v) is 5.84. The maximum atomic E-state index is 13.8. The van der Waals surface area contributed by atoms with Crippen molar-refractivity contribution < 1.29 is 18.0 Å². The molecule has 0 aliphatic carbocycles. The molecule has 1 unspecified atom stereocenters. The second kappa shape index (κ2) is 6.97. The van der Waals surface area contributed by atoms with Crippen LogP contribution in [0.25, 0.3) is 16.8 Å². The van der Waals surface area contributed by atoms with E-state index in [0.717, 1.165) is 17.7 Å². The number of hydrogen-bond donors (Lipinski definition) is 0. The molecule has 9 heteroatoms. The lowest BCUT2D eigenvalue weighted by atomic mass is 9.95. The Bertz CT molecular complexity index is 1320. The molecule has 0 saturated heterocycles. The van der Waals surface area contributed by atoms with Crippen molar-refractivity contribution in [3.05, 3.63) is 77.3 Å². The normalized spacial score (nSPS) is 16.0. The number of imidazole rings is 1. The minimum Gasteiger partial charge on any atom is -0.330 e. The molecule has 0 saturated carbocycles. The minimum absolute atomic E-state index is 0.143. The molecule has 0 spiro atoms. The van der Waals surface area contributed by atoms with Crippen molar-refractivity contribution in [2.75, 3.05) is 6.54 Å². The number of carbonyl (C=O) groups is 1. The summed E-state index contributed by atoms with van der Waals surface area (Å²) in [5, 5.41) is 4.54. The summed E-state index contributed by atoms with van der Waals surface area (Å²) in [4.78, 5) is 19.2. The number of rotatable bonds is 2. The van der Waals surface area contributed by atoms with Crippen molar-refractivity contribution in [3.63, 3.8) is 0 Å². The van der Waals surface area contributed by atoms with E-state index in [1.165, 1.54) is 4.68 Å². The zero-order valence-corrected chi connectivity index (χ0v) is 16.8. The average molecular weight is 425 g/mol. The maximum Gasteiger partial charge on any atom is 0.256 e. The fourth-order valence-corrected chi connectivity index (χ4v) is 4.36. The van der Waals surface area contributed by atoms with Gasteiger partial charge in [0.25, 0.3) is 5.91 Å². The van der Waals surface area contributed by atoms with Crippen molar-refractivity contribution in [1.29, 1.82) is 0 Å². The molecule has 4 heterocycles. The van der Waals surface area contributed by atoms with Gasteiger partial charge in [-0.05, 0) is 37.6 Å². The number of amides is 1. The molecule has 4 aromatic rings. The third kappa shape index (κ3) is 2.91. The molecule has 0 bridgehead atoms. The largest absolute Gasteiger partial charge is 0.330 e. The van der Waals surface area contributed by atoms with Crippen molar-refractivity contribution >= 4 is 11.4 Å². The number of halogens is 3. The van der Waals surface area contributed by atoms with Crippen LogP contribution in [0.3, 0.4) is 0 Å².